The molecule has 8 nitrogen and oxygen atoms in total. The fraction of sp³-hybridized carbons (Fsp3) is 0.348. The van der Waals surface area contributed by atoms with Crippen molar-refractivity contribution in [1.29, 1.82) is 0 Å². The quantitative estimate of drug-likeness (QED) is 0.523. The van der Waals surface area contributed by atoms with E-state index in [-0.39, 0.29) is 16.9 Å². The molecular formula is C23H28N4O4S2. The van der Waals surface area contributed by atoms with Crippen LogP contribution in [0.3, 0.4) is 0 Å². The Kier molecular flexibility index (Phi) is 6.45. The van der Waals surface area contributed by atoms with Crippen molar-refractivity contribution in [3.05, 3.63) is 66.5 Å². The Morgan fingerprint density at radius 1 is 1.06 bits per heavy atom. The number of rotatable bonds is 8. The van der Waals surface area contributed by atoms with Crippen molar-refractivity contribution >= 4 is 36.5 Å². The van der Waals surface area contributed by atoms with Crippen molar-refractivity contribution in [3.63, 3.8) is 0 Å². The molecule has 2 aromatic carbocycles. The first-order chi connectivity index (χ1) is 15.6. The number of likely N-dealkylation sites (N-methyl/N-ethyl adjacent to an activating group) is 1. The molecular weight excluding hydrogens is 460 g/mol. The summed E-state index contributed by atoms with van der Waals surface area (Å²) in [6.45, 7) is 3.11. The Balaban J connectivity index is 1.58. The number of pyridine rings is 1. The normalized spacial score (nSPS) is 16.6. The van der Waals surface area contributed by atoms with Crippen molar-refractivity contribution in [3.8, 4) is 0 Å². The van der Waals surface area contributed by atoms with Crippen molar-refractivity contribution in [2.24, 2.45) is 0 Å². The Bertz CT molecular complexity index is 1360. The van der Waals surface area contributed by atoms with Gasteiger partial charge in [0.15, 0.2) is 0 Å². The number of fused-ring (bicyclic) bond motifs is 1. The second kappa shape index (κ2) is 9.02. The molecule has 176 valence electrons. The second-order valence-electron chi connectivity index (χ2n) is 8.55. The van der Waals surface area contributed by atoms with Crippen LogP contribution < -0.4 is 5.32 Å². The molecule has 1 unspecified atom stereocenters. The number of nitrogens with one attached hydrogen (secondary N) is 1. The molecule has 0 spiro atoms. The first-order valence-electron chi connectivity index (χ1n) is 10.7. The van der Waals surface area contributed by atoms with E-state index in [2.05, 4.69) is 10.3 Å². The molecule has 0 saturated carbocycles. The lowest BCUT2D eigenvalue weighted by molar-refractivity contribution is 0.283. The maximum Gasteiger partial charge on any atom is 0.243 e. The zero-order chi connectivity index (χ0) is 23.8. The molecule has 4 rings (SSSR count). The summed E-state index contributed by atoms with van der Waals surface area (Å²) in [7, 11) is -5.35. The minimum absolute atomic E-state index is 0.0382. The highest BCUT2D eigenvalue weighted by Crippen LogP contribution is 2.32. The van der Waals surface area contributed by atoms with Crippen molar-refractivity contribution in [2.45, 2.75) is 23.8 Å². The SMILES string of the molecule is CC(CN(C)S(=O)(=O)c1ccc(NC2CN(S(C)(=O)=O)C2)c2cnccc12)c1ccccc1. The first kappa shape index (κ1) is 23.6. The van der Waals surface area contributed by atoms with Crippen LogP contribution in [0.2, 0.25) is 0 Å². The average molecular weight is 489 g/mol. The van der Waals surface area contributed by atoms with Gasteiger partial charge in [0.25, 0.3) is 0 Å². The average Bonchev–Trinajstić information content (AvgIpc) is 2.75. The summed E-state index contributed by atoms with van der Waals surface area (Å²) in [5.74, 6) is 0.0382. The fourth-order valence-corrected chi connectivity index (χ4v) is 6.43. The molecule has 1 saturated heterocycles. The lowest BCUT2D eigenvalue weighted by atomic mass is 10.0. The standard InChI is InChI=1S/C23H28N4O4S2/c1-17(18-7-5-4-6-8-18)14-26(2)33(30,31)23-10-9-22(21-13-24-12-11-20(21)23)25-19-15-27(16-19)32(3,28)29/h4-13,17,19,25H,14-16H2,1-3H3. The molecule has 2 heterocycles. The summed E-state index contributed by atoms with van der Waals surface area (Å²) in [4.78, 5) is 4.40. The van der Waals surface area contributed by atoms with Crippen LogP contribution in [0.4, 0.5) is 5.69 Å². The molecule has 1 N–H and O–H groups in total. The number of aromatic nitrogens is 1. The Morgan fingerprint density at radius 2 is 1.76 bits per heavy atom. The van der Waals surface area contributed by atoms with E-state index in [1.165, 1.54) is 14.9 Å². The molecule has 0 amide bonds. The number of sulfonamides is 2. The minimum Gasteiger partial charge on any atom is -0.379 e. The second-order valence-corrected chi connectivity index (χ2v) is 12.5. The minimum atomic E-state index is -3.74. The van der Waals surface area contributed by atoms with Crippen LogP contribution >= 0.6 is 0 Å². The van der Waals surface area contributed by atoms with Gasteiger partial charge < -0.3 is 5.32 Å². The highest BCUT2D eigenvalue weighted by Gasteiger charge is 2.33. The number of hydrogen-bond acceptors (Lipinski definition) is 6. The van der Waals surface area contributed by atoms with Crippen molar-refractivity contribution in [2.75, 3.05) is 38.3 Å². The Morgan fingerprint density at radius 3 is 2.42 bits per heavy atom. The molecule has 1 aliphatic rings. The van der Waals surface area contributed by atoms with E-state index in [1.807, 2.05) is 37.3 Å². The molecule has 1 fully saturated rings. The molecule has 33 heavy (non-hydrogen) atoms. The van der Waals surface area contributed by atoms with Gasteiger partial charge in [0.05, 0.1) is 17.2 Å². The van der Waals surface area contributed by atoms with Gasteiger partial charge in [-0.05, 0) is 29.7 Å². The van der Waals surface area contributed by atoms with Gasteiger partial charge in [0.2, 0.25) is 20.0 Å². The van der Waals surface area contributed by atoms with Gasteiger partial charge >= 0.3 is 0 Å². The van der Waals surface area contributed by atoms with Crippen LogP contribution in [0.15, 0.2) is 65.8 Å². The van der Waals surface area contributed by atoms with Crippen LogP contribution in [0.5, 0.6) is 0 Å². The van der Waals surface area contributed by atoms with E-state index in [1.54, 1.807) is 37.6 Å². The topological polar surface area (TPSA) is 99.7 Å². The molecule has 0 bridgehead atoms. The molecule has 3 aromatic rings. The summed E-state index contributed by atoms with van der Waals surface area (Å²) >= 11 is 0. The third-order valence-electron chi connectivity index (χ3n) is 6.04. The van der Waals surface area contributed by atoms with Gasteiger partial charge in [-0.25, -0.2) is 21.1 Å². The maximum absolute atomic E-state index is 13.5. The summed E-state index contributed by atoms with van der Waals surface area (Å²) in [6, 6.07) is 14.8. The van der Waals surface area contributed by atoms with E-state index in [9.17, 15) is 16.8 Å². The van der Waals surface area contributed by atoms with Gasteiger partial charge in [-0.1, -0.05) is 37.3 Å². The van der Waals surface area contributed by atoms with E-state index in [4.69, 9.17) is 0 Å². The summed E-state index contributed by atoms with van der Waals surface area (Å²) in [6.07, 6.45) is 4.40. The Labute approximate surface area is 195 Å². The summed E-state index contributed by atoms with van der Waals surface area (Å²) in [5.41, 5.74) is 1.81. The zero-order valence-electron chi connectivity index (χ0n) is 18.8. The Hall–Kier alpha value is -2.53. The predicted octanol–water partition coefficient (Wildman–Crippen LogP) is 2.71. The van der Waals surface area contributed by atoms with Crippen LogP contribution in [-0.2, 0) is 20.0 Å². The van der Waals surface area contributed by atoms with E-state index >= 15 is 0 Å². The smallest absolute Gasteiger partial charge is 0.243 e. The summed E-state index contributed by atoms with van der Waals surface area (Å²) in [5, 5.41) is 4.59. The molecule has 1 aromatic heterocycles. The number of benzene rings is 2. The largest absolute Gasteiger partial charge is 0.379 e. The van der Waals surface area contributed by atoms with E-state index < -0.39 is 20.0 Å². The van der Waals surface area contributed by atoms with Gasteiger partial charge in [0, 0.05) is 55.5 Å². The zero-order valence-corrected chi connectivity index (χ0v) is 20.5. The van der Waals surface area contributed by atoms with Crippen molar-refractivity contribution in [1.82, 2.24) is 13.6 Å². The van der Waals surface area contributed by atoms with E-state index in [0.29, 0.717) is 30.4 Å². The maximum atomic E-state index is 13.5. The van der Waals surface area contributed by atoms with Crippen LogP contribution in [0.1, 0.15) is 18.4 Å². The van der Waals surface area contributed by atoms with Gasteiger partial charge in [-0.15, -0.1) is 0 Å². The number of nitrogens with zero attached hydrogens (tertiary/aromatic N) is 3. The van der Waals surface area contributed by atoms with Gasteiger partial charge in [-0.2, -0.15) is 4.31 Å². The summed E-state index contributed by atoms with van der Waals surface area (Å²) < 4.78 is 53.0. The van der Waals surface area contributed by atoms with Crippen LogP contribution in [0, 0.1) is 0 Å². The molecule has 1 aliphatic heterocycles. The van der Waals surface area contributed by atoms with Crippen LogP contribution in [-0.4, -0.2) is 69.4 Å². The van der Waals surface area contributed by atoms with Gasteiger partial charge in [0.1, 0.15) is 0 Å². The monoisotopic (exact) mass is 488 g/mol. The first-order valence-corrected chi connectivity index (χ1v) is 14.0. The predicted molar refractivity (Wildman–Crippen MR) is 130 cm³/mol. The molecule has 1 atom stereocenters. The lowest BCUT2D eigenvalue weighted by Crippen LogP contribution is -2.56. The fourth-order valence-electron chi connectivity index (χ4n) is 4.07. The number of hydrogen-bond donors (Lipinski definition) is 1. The molecule has 0 aliphatic carbocycles. The molecule has 0 radical (unpaired) electrons. The van der Waals surface area contributed by atoms with Gasteiger partial charge in [-0.3, -0.25) is 4.98 Å². The van der Waals surface area contributed by atoms with E-state index in [0.717, 1.165) is 11.3 Å². The van der Waals surface area contributed by atoms with Crippen molar-refractivity contribution < 1.29 is 16.8 Å². The third kappa shape index (κ3) is 4.89. The van der Waals surface area contributed by atoms with Crippen LogP contribution in [0.25, 0.3) is 10.8 Å². The third-order valence-corrected chi connectivity index (χ3v) is 9.16. The lowest BCUT2D eigenvalue weighted by Gasteiger charge is -2.38. The number of anilines is 1. The molecule has 10 heteroatoms. The highest BCUT2D eigenvalue weighted by molar-refractivity contribution is 7.89. The highest BCUT2D eigenvalue weighted by atomic mass is 32.2.